The average Bonchev–Trinajstić information content (AvgIpc) is 3.13. The summed E-state index contributed by atoms with van der Waals surface area (Å²) in [6.07, 6.45) is 7.40. The summed E-state index contributed by atoms with van der Waals surface area (Å²) in [5.74, 6) is 1.25. The number of hydrogen-bond acceptors (Lipinski definition) is 0. The van der Waals surface area contributed by atoms with E-state index in [2.05, 4.69) is 82.9 Å². The third-order valence-electron chi connectivity index (χ3n) is 4.48. The fraction of sp³-hybridized carbons (Fsp3) is 0.333. The SMILES string of the molecule is CCC([n+]1cc[nH]c1)[n+]1c(C)c(C)n(-c2ccccc2)c1C. The highest BCUT2D eigenvalue weighted by molar-refractivity contribution is 5.35. The van der Waals surface area contributed by atoms with Gasteiger partial charge in [-0.25, -0.2) is 0 Å². The lowest BCUT2D eigenvalue weighted by Crippen LogP contribution is -2.58. The standard InChI is InChI=1S/C18H23N4/c1-5-18(20-12-11-19-13-20)22-15(3)14(2)21(16(22)4)17-9-7-6-8-10-17/h6-13,18H,5H2,1-4H3/q+1/p+1. The van der Waals surface area contributed by atoms with Gasteiger partial charge < -0.3 is 0 Å². The van der Waals surface area contributed by atoms with E-state index in [1.165, 1.54) is 22.9 Å². The first-order valence-corrected chi connectivity index (χ1v) is 7.84. The predicted octanol–water partition coefficient (Wildman–Crippen LogP) is 2.76. The Kier molecular flexibility index (Phi) is 3.84. The van der Waals surface area contributed by atoms with Crippen LogP contribution in [0.3, 0.4) is 0 Å². The predicted molar refractivity (Wildman–Crippen MR) is 85.9 cm³/mol. The van der Waals surface area contributed by atoms with Gasteiger partial charge in [0.15, 0.2) is 0 Å². The molecule has 114 valence electrons. The Bertz CT molecular complexity index is 754. The van der Waals surface area contributed by atoms with Gasteiger partial charge in [-0.05, 0) is 12.1 Å². The zero-order valence-corrected chi connectivity index (χ0v) is 13.7. The molecule has 3 aromatic rings. The first-order chi connectivity index (χ1) is 10.6. The molecule has 3 rings (SSSR count). The number of H-pyrrole nitrogens is 1. The van der Waals surface area contributed by atoms with Crippen molar-refractivity contribution in [3.05, 3.63) is 66.3 Å². The van der Waals surface area contributed by atoms with E-state index in [4.69, 9.17) is 0 Å². The van der Waals surface area contributed by atoms with Crippen molar-refractivity contribution in [1.82, 2.24) is 9.55 Å². The molecule has 0 saturated heterocycles. The number of imidazole rings is 2. The number of hydrogen-bond donors (Lipinski definition) is 1. The van der Waals surface area contributed by atoms with E-state index in [9.17, 15) is 0 Å². The molecule has 2 aromatic heterocycles. The summed E-state index contributed by atoms with van der Waals surface area (Å²) in [5, 5.41) is 0. The third kappa shape index (κ3) is 2.25. The van der Waals surface area contributed by atoms with Gasteiger partial charge in [-0.1, -0.05) is 25.1 Å². The van der Waals surface area contributed by atoms with Crippen LogP contribution in [0.5, 0.6) is 0 Å². The van der Waals surface area contributed by atoms with Gasteiger partial charge in [-0.2, -0.15) is 13.7 Å². The van der Waals surface area contributed by atoms with E-state index in [1.54, 1.807) is 0 Å². The summed E-state index contributed by atoms with van der Waals surface area (Å²) in [6.45, 7) is 8.83. The fourth-order valence-corrected chi connectivity index (χ4v) is 3.34. The van der Waals surface area contributed by atoms with E-state index in [0.717, 1.165) is 6.42 Å². The molecule has 1 atom stereocenters. The summed E-state index contributed by atoms with van der Waals surface area (Å²) in [6, 6.07) is 10.6. The maximum Gasteiger partial charge on any atom is 0.262 e. The Hall–Kier alpha value is -2.36. The number of benzene rings is 1. The van der Waals surface area contributed by atoms with Crippen molar-refractivity contribution in [3.8, 4) is 5.69 Å². The summed E-state index contributed by atoms with van der Waals surface area (Å²) in [4.78, 5) is 3.15. The van der Waals surface area contributed by atoms with Crippen molar-refractivity contribution >= 4 is 0 Å². The quantitative estimate of drug-likeness (QED) is 0.717. The van der Waals surface area contributed by atoms with Gasteiger partial charge in [0.25, 0.3) is 5.82 Å². The molecule has 1 aromatic carbocycles. The molecule has 1 N–H and O–H groups in total. The smallest absolute Gasteiger partial charge is 0.250 e. The van der Waals surface area contributed by atoms with Crippen molar-refractivity contribution in [2.24, 2.45) is 0 Å². The number of rotatable bonds is 4. The van der Waals surface area contributed by atoms with Gasteiger partial charge in [0, 0.05) is 27.2 Å². The zero-order valence-electron chi connectivity index (χ0n) is 13.7. The van der Waals surface area contributed by atoms with E-state index in [0.29, 0.717) is 0 Å². The molecule has 0 aliphatic rings. The van der Waals surface area contributed by atoms with Crippen LogP contribution in [-0.2, 0) is 0 Å². The third-order valence-corrected chi connectivity index (χ3v) is 4.48. The van der Waals surface area contributed by atoms with E-state index >= 15 is 0 Å². The van der Waals surface area contributed by atoms with Crippen LogP contribution >= 0.6 is 0 Å². The molecule has 0 aliphatic carbocycles. The Balaban J connectivity index is 2.18. The lowest BCUT2D eigenvalue weighted by Gasteiger charge is -2.11. The van der Waals surface area contributed by atoms with Gasteiger partial charge in [0.05, 0.1) is 0 Å². The minimum absolute atomic E-state index is 0.287. The average molecular weight is 296 g/mol. The van der Waals surface area contributed by atoms with Crippen molar-refractivity contribution < 1.29 is 9.13 Å². The lowest BCUT2D eigenvalue weighted by atomic mass is 10.3. The highest BCUT2D eigenvalue weighted by Crippen LogP contribution is 2.17. The first-order valence-electron chi connectivity index (χ1n) is 7.84. The zero-order chi connectivity index (χ0) is 15.7. The molecule has 2 heterocycles. The van der Waals surface area contributed by atoms with E-state index in [-0.39, 0.29) is 6.17 Å². The molecular weight excluding hydrogens is 272 g/mol. The van der Waals surface area contributed by atoms with E-state index < -0.39 is 0 Å². The van der Waals surface area contributed by atoms with Crippen LogP contribution < -0.4 is 9.13 Å². The second-order valence-corrected chi connectivity index (χ2v) is 5.71. The highest BCUT2D eigenvalue weighted by Gasteiger charge is 2.31. The minimum Gasteiger partial charge on any atom is -0.250 e. The molecule has 0 amide bonds. The molecule has 0 saturated carbocycles. The maximum absolute atomic E-state index is 3.15. The van der Waals surface area contributed by atoms with Gasteiger partial charge in [0.1, 0.15) is 29.5 Å². The number of aromatic nitrogens is 4. The second-order valence-electron chi connectivity index (χ2n) is 5.71. The number of nitrogens with one attached hydrogen (secondary N) is 1. The fourth-order valence-electron chi connectivity index (χ4n) is 3.34. The van der Waals surface area contributed by atoms with Gasteiger partial charge in [-0.3, -0.25) is 4.98 Å². The molecule has 0 bridgehead atoms. The summed E-state index contributed by atoms with van der Waals surface area (Å²) < 4.78 is 7.00. The Morgan fingerprint density at radius 3 is 2.45 bits per heavy atom. The molecule has 0 radical (unpaired) electrons. The van der Waals surface area contributed by atoms with Crippen LogP contribution in [0.2, 0.25) is 0 Å². The topological polar surface area (TPSA) is 28.5 Å². The summed E-state index contributed by atoms with van der Waals surface area (Å²) >= 11 is 0. The van der Waals surface area contributed by atoms with Crippen LogP contribution in [0.25, 0.3) is 5.69 Å². The Morgan fingerprint density at radius 2 is 1.86 bits per heavy atom. The van der Waals surface area contributed by atoms with Crippen LogP contribution in [0.15, 0.2) is 49.1 Å². The molecule has 4 nitrogen and oxygen atoms in total. The van der Waals surface area contributed by atoms with Gasteiger partial charge >= 0.3 is 0 Å². The number of para-hydroxylation sites is 1. The van der Waals surface area contributed by atoms with Crippen LogP contribution in [0.4, 0.5) is 0 Å². The highest BCUT2D eigenvalue weighted by atomic mass is 15.3. The Morgan fingerprint density at radius 1 is 1.14 bits per heavy atom. The minimum atomic E-state index is 0.287. The largest absolute Gasteiger partial charge is 0.262 e. The Labute approximate surface area is 131 Å². The van der Waals surface area contributed by atoms with Crippen LogP contribution in [-0.4, -0.2) is 9.55 Å². The van der Waals surface area contributed by atoms with Crippen LogP contribution in [0, 0.1) is 20.8 Å². The molecule has 4 heteroatoms. The van der Waals surface area contributed by atoms with Crippen LogP contribution in [0.1, 0.15) is 36.7 Å². The maximum atomic E-state index is 3.15. The van der Waals surface area contributed by atoms with Gasteiger partial charge in [0.2, 0.25) is 12.5 Å². The van der Waals surface area contributed by atoms with E-state index in [1.807, 2.05) is 12.5 Å². The van der Waals surface area contributed by atoms with Crippen molar-refractivity contribution in [3.63, 3.8) is 0 Å². The molecule has 0 fully saturated rings. The molecule has 0 spiro atoms. The molecular formula is C18H24N4+2. The molecule has 22 heavy (non-hydrogen) atoms. The van der Waals surface area contributed by atoms with Gasteiger partial charge in [-0.15, -0.1) is 0 Å². The normalized spacial score (nSPS) is 12.5. The van der Waals surface area contributed by atoms with Crippen molar-refractivity contribution in [1.29, 1.82) is 0 Å². The lowest BCUT2D eigenvalue weighted by molar-refractivity contribution is -0.948. The van der Waals surface area contributed by atoms with Crippen molar-refractivity contribution in [2.75, 3.05) is 0 Å². The monoisotopic (exact) mass is 296 g/mol. The summed E-state index contributed by atoms with van der Waals surface area (Å²) in [7, 11) is 0. The first kappa shape index (κ1) is 14.6. The molecule has 0 aliphatic heterocycles. The second kappa shape index (κ2) is 5.79. The van der Waals surface area contributed by atoms with Crippen molar-refractivity contribution in [2.45, 2.75) is 40.3 Å². The molecule has 1 unspecified atom stereocenters. The number of aromatic amines is 1. The summed E-state index contributed by atoms with van der Waals surface area (Å²) in [5.41, 5.74) is 3.81. The number of nitrogens with zero attached hydrogens (tertiary/aromatic N) is 3.